The number of hydrogen-bond acceptors (Lipinski definition) is 13. The monoisotopic (exact) mass is 781 g/mol. The Kier molecular flexibility index (Phi) is 26.3. The zero-order chi connectivity index (χ0) is 40.7. The highest BCUT2D eigenvalue weighted by molar-refractivity contribution is 5.81. The highest BCUT2D eigenvalue weighted by atomic mass is 16.6. The molecule has 1 heterocycles. The Hall–Kier alpha value is -5.16. The average Bonchev–Trinajstić information content (AvgIpc) is 3.17. The number of alkyl carbamates (subject to hydrolysis) is 2. The molecule has 0 spiro atoms. The number of unbranched alkanes of at least 4 members (excludes halogenated alkanes) is 10. The van der Waals surface area contributed by atoms with Gasteiger partial charge in [-0.1, -0.05) is 58.1 Å². The highest BCUT2D eigenvalue weighted by Gasteiger charge is 2.15. The van der Waals surface area contributed by atoms with E-state index in [-0.39, 0.29) is 59.1 Å². The number of esters is 3. The van der Waals surface area contributed by atoms with Crippen LogP contribution >= 0.6 is 0 Å². The van der Waals surface area contributed by atoms with Gasteiger partial charge in [-0.15, -0.1) is 0 Å². The number of nitrogens with one attached hydrogen (secondary N) is 2. The first-order valence-electron chi connectivity index (χ1n) is 19.0. The lowest BCUT2D eigenvalue weighted by molar-refractivity contribution is -0.149. The van der Waals surface area contributed by atoms with Crippen LogP contribution in [0.5, 0.6) is 0 Å². The molecule has 1 aromatic rings. The van der Waals surface area contributed by atoms with Crippen molar-refractivity contribution in [3.8, 4) is 0 Å². The van der Waals surface area contributed by atoms with E-state index in [0.29, 0.717) is 77.3 Å². The average molecular weight is 782 g/mol. The van der Waals surface area contributed by atoms with Crippen LogP contribution < -0.4 is 27.7 Å². The van der Waals surface area contributed by atoms with Gasteiger partial charge in [0.15, 0.2) is 0 Å². The Balaban J connectivity index is 2.67. The van der Waals surface area contributed by atoms with E-state index in [9.17, 15) is 38.4 Å². The fourth-order valence-electron chi connectivity index (χ4n) is 5.20. The Morgan fingerprint density at radius 1 is 0.509 bits per heavy atom. The molecule has 2 N–H and O–H groups in total. The van der Waals surface area contributed by atoms with E-state index in [1.807, 2.05) is 0 Å². The minimum absolute atomic E-state index is 0.0305. The van der Waals surface area contributed by atoms with Crippen LogP contribution in [0.4, 0.5) is 9.59 Å². The Bertz CT molecular complexity index is 1440. The molecule has 0 saturated carbocycles. The molecule has 310 valence electrons. The molecule has 55 heavy (non-hydrogen) atoms. The molecular weight excluding hydrogens is 722 g/mol. The van der Waals surface area contributed by atoms with Crippen molar-refractivity contribution >= 4 is 30.1 Å². The second-order valence-corrected chi connectivity index (χ2v) is 12.3. The number of ether oxygens (including phenoxy) is 5. The van der Waals surface area contributed by atoms with Gasteiger partial charge in [-0.25, -0.2) is 47.3 Å². The summed E-state index contributed by atoms with van der Waals surface area (Å²) in [5.41, 5.74) is -1.95. The standard InChI is InChI=1S/C37H59N5O13/c1-4-30(43)52-26-27-54-32(45)20-14-8-7-11-17-23-40-35(48)41(24-18-12-9-15-21-38-33(46)51-6-3)37(50)42(36(40)49)25-19-13-10-16-22-39-34(47)55-29-28-53-31(44)5-2/h4-5H,1-2,6-29H2,3H3,(H,38,46)(H,39,47). The van der Waals surface area contributed by atoms with Gasteiger partial charge in [0.1, 0.15) is 26.4 Å². The predicted molar refractivity (Wildman–Crippen MR) is 202 cm³/mol. The molecule has 0 aromatic carbocycles. The van der Waals surface area contributed by atoms with Gasteiger partial charge < -0.3 is 34.3 Å². The van der Waals surface area contributed by atoms with Crippen molar-refractivity contribution in [2.45, 2.75) is 116 Å². The molecule has 0 radical (unpaired) electrons. The summed E-state index contributed by atoms with van der Waals surface area (Å²) in [6.07, 6.45) is 9.64. The van der Waals surface area contributed by atoms with E-state index >= 15 is 0 Å². The van der Waals surface area contributed by atoms with E-state index < -0.39 is 47.2 Å². The zero-order valence-corrected chi connectivity index (χ0v) is 32.2. The minimum atomic E-state index is -0.652. The van der Waals surface area contributed by atoms with Crippen molar-refractivity contribution in [1.82, 2.24) is 24.3 Å². The van der Waals surface area contributed by atoms with Crippen LogP contribution in [0.3, 0.4) is 0 Å². The second-order valence-electron chi connectivity index (χ2n) is 12.3. The number of rotatable bonds is 31. The van der Waals surface area contributed by atoms with Crippen molar-refractivity contribution in [2.75, 3.05) is 46.1 Å². The molecule has 0 atom stereocenters. The van der Waals surface area contributed by atoms with Gasteiger partial charge in [0.2, 0.25) is 0 Å². The molecule has 0 bridgehead atoms. The Labute approximate surface area is 321 Å². The lowest BCUT2D eigenvalue weighted by Gasteiger charge is -2.14. The molecule has 0 aliphatic heterocycles. The van der Waals surface area contributed by atoms with Gasteiger partial charge in [0, 0.05) is 51.3 Å². The summed E-state index contributed by atoms with van der Waals surface area (Å²) in [5, 5.41) is 5.26. The van der Waals surface area contributed by atoms with Gasteiger partial charge in [-0.05, 0) is 45.4 Å². The number of amides is 2. The first kappa shape index (κ1) is 47.9. The predicted octanol–water partition coefficient (Wildman–Crippen LogP) is 3.11. The largest absolute Gasteiger partial charge is 0.462 e. The molecule has 18 heteroatoms. The van der Waals surface area contributed by atoms with E-state index in [1.54, 1.807) is 6.92 Å². The number of carbonyl (C=O) groups excluding carboxylic acids is 5. The van der Waals surface area contributed by atoms with Gasteiger partial charge in [-0.3, -0.25) is 4.79 Å². The van der Waals surface area contributed by atoms with E-state index in [1.165, 1.54) is 0 Å². The quantitative estimate of drug-likeness (QED) is 0.0479. The molecular formula is C37H59N5O13. The van der Waals surface area contributed by atoms with Crippen molar-refractivity contribution in [1.29, 1.82) is 0 Å². The van der Waals surface area contributed by atoms with E-state index in [2.05, 4.69) is 23.8 Å². The minimum Gasteiger partial charge on any atom is -0.462 e. The molecule has 1 rings (SSSR count). The summed E-state index contributed by atoms with van der Waals surface area (Å²) in [4.78, 5) is 97.3. The van der Waals surface area contributed by atoms with Gasteiger partial charge in [-0.2, -0.15) is 0 Å². The third kappa shape index (κ3) is 22.0. The first-order chi connectivity index (χ1) is 26.5. The van der Waals surface area contributed by atoms with Crippen LogP contribution in [0.15, 0.2) is 39.7 Å². The summed E-state index contributed by atoms with van der Waals surface area (Å²) in [7, 11) is 0. The van der Waals surface area contributed by atoms with Crippen LogP contribution in [0.2, 0.25) is 0 Å². The Morgan fingerprint density at radius 2 is 0.873 bits per heavy atom. The highest BCUT2D eigenvalue weighted by Crippen LogP contribution is 2.07. The number of hydrogen-bond donors (Lipinski definition) is 2. The van der Waals surface area contributed by atoms with Crippen LogP contribution in [-0.4, -0.2) is 89.9 Å². The molecule has 0 aliphatic carbocycles. The molecule has 18 nitrogen and oxygen atoms in total. The van der Waals surface area contributed by atoms with E-state index in [4.69, 9.17) is 23.7 Å². The maximum absolute atomic E-state index is 13.4. The maximum Gasteiger partial charge on any atom is 0.407 e. The van der Waals surface area contributed by atoms with Crippen LogP contribution in [0.25, 0.3) is 0 Å². The summed E-state index contributed by atoms with van der Waals surface area (Å²) >= 11 is 0. The number of nitrogens with zero attached hydrogens (tertiary/aromatic N) is 3. The molecule has 2 amide bonds. The third-order valence-corrected chi connectivity index (χ3v) is 8.06. The summed E-state index contributed by atoms with van der Waals surface area (Å²) < 4.78 is 27.6. The molecule has 0 unspecified atom stereocenters. The number of carbonyl (C=O) groups is 5. The summed E-state index contributed by atoms with van der Waals surface area (Å²) in [5.74, 6) is -1.59. The molecule has 0 fully saturated rings. The van der Waals surface area contributed by atoms with Crippen LogP contribution in [0, 0.1) is 0 Å². The van der Waals surface area contributed by atoms with Crippen molar-refractivity contribution in [3.63, 3.8) is 0 Å². The van der Waals surface area contributed by atoms with Crippen LogP contribution in [-0.2, 0) is 57.7 Å². The van der Waals surface area contributed by atoms with Gasteiger partial charge in [0.05, 0.1) is 6.61 Å². The van der Waals surface area contributed by atoms with Crippen molar-refractivity contribution in [2.24, 2.45) is 0 Å². The lowest BCUT2D eigenvalue weighted by atomic mass is 10.1. The van der Waals surface area contributed by atoms with Gasteiger partial charge >= 0.3 is 47.2 Å². The van der Waals surface area contributed by atoms with E-state index in [0.717, 1.165) is 45.1 Å². The topological polar surface area (TPSA) is 222 Å². The fraction of sp³-hybridized carbons (Fsp3) is 0.676. The Morgan fingerprint density at radius 3 is 1.31 bits per heavy atom. The lowest BCUT2D eigenvalue weighted by Crippen LogP contribution is -2.54. The zero-order valence-electron chi connectivity index (χ0n) is 32.2. The summed E-state index contributed by atoms with van der Waals surface area (Å²) in [6, 6.07) is 0. The molecule has 0 aliphatic rings. The first-order valence-corrected chi connectivity index (χ1v) is 19.0. The molecule has 1 aromatic heterocycles. The molecule has 0 saturated heterocycles. The number of aromatic nitrogens is 3. The van der Waals surface area contributed by atoms with Crippen LogP contribution in [0.1, 0.15) is 96.8 Å². The maximum atomic E-state index is 13.4. The normalized spacial score (nSPS) is 10.6. The summed E-state index contributed by atoms with van der Waals surface area (Å²) in [6.45, 7) is 9.54. The van der Waals surface area contributed by atoms with Gasteiger partial charge in [0.25, 0.3) is 0 Å². The second kappa shape index (κ2) is 30.2. The smallest absolute Gasteiger partial charge is 0.407 e. The SMILES string of the molecule is C=CC(=O)OCCOC(=O)CCCCCCCn1c(=O)n(CCCCCCNC(=O)OCC)c(=O)n(CCCCCCNC(=O)OCCOC(=O)C=C)c1=O. The van der Waals surface area contributed by atoms with Crippen molar-refractivity contribution < 1.29 is 47.7 Å². The third-order valence-electron chi connectivity index (χ3n) is 8.06. The fourth-order valence-corrected chi connectivity index (χ4v) is 5.20. The van der Waals surface area contributed by atoms with Crippen molar-refractivity contribution in [3.05, 3.63) is 56.8 Å².